The minimum absolute atomic E-state index is 0.0355. The zero-order chi connectivity index (χ0) is 24.6. The molecule has 7 heteroatoms. The van der Waals surface area contributed by atoms with E-state index in [0.29, 0.717) is 43.7 Å². The zero-order valence-corrected chi connectivity index (χ0v) is 20.1. The molecule has 2 bridgehead atoms. The van der Waals surface area contributed by atoms with Crippen LogP contribution in [0.1, 0.15) is 51.7 Å². The molecule has 36 heavy (non-hydrogen) atoms. The van der Waals surface area contributed by atoms with Crippen molar-refractivity contribution < 1.29 is 23.8 Å². The second-order valence-electron chi connectivity index (χ2n) is 11.0. The molecule has 1 saturated heterocycles. The van der Waals surface area contributed by atoms with Gasteiger partial charge >= 0.3 is 0 Å². The van der Waals surface area contributed by atoms with Gasteiger partial charge in [-0.15, -0.1) is 6.58 Å². The molecule has 3 aromatic rings. The fourth-order valence-corrected chi connectivity index (χ4v) is 8.43. The van der Waals surface area contributed by atoms with E-state index in [4.69, 9.17) is 9.47 Å². The number of halogens is 1. The van der Waals surface area contributed by atoms with Gasteiger partial charge in [-0.05, 0) is 42.2 Å². The monoisotopic (exact) mass is 486 g/mol. The molecule has 184 valence electrons. The van der Waals surface area contributed by atoms with E-state index in [-0.39, 0.29) is 11.8 Å². The number of fused-ring (bicyclic) bond motifs is 4. The summed E-state index contributed by atoms with van der Waals surface area (Å²) >= 11 is 0. The summed E-state index contributed by atoms with van der Waals surface area (Å²) in [7, 11) is 1.65. The van der Waals surface area contributed by atoms with Crippen molar-refractivity contribution in [2.24, 2.45) is 0 Å². The number of ketones is 1. The van der Waals surface area contributed by atoms with Crippen molar-refractivity contribution in [3.05, 3.63) is 70.7 Å². The molecular formula is C29H27FN2O4. The highest BCUT2D eigenvalue weighted by atomic mass is 19.1. The van der Waals surface area contributed by atoms with Gasteiger partial charge in [0.05, 0.1) is 29.3 Å². The maximum atomic E-state index is 14.8. The van der Waals surface area contributed by atoms with Crippen LogP contribution in [-0.2, 0) is 24.8 Å². The van der Waals surface area contributed by atoms with Crippen molar-refractivity contribution in [1.29, 1.82) is 0 Å². The quantitative estimate of drug-likeness (QED) is 0.570. The van der Waals surface area contributed by atoms with Crippen LogP contribution in [-0.4, -0.2) is 52.2 Å². The Kier molecular flexibility index (Phi) is 3.83. The summed E-state index contributed by atoms with van der Waals surface area (Å²) < 4.78 is 29.6. The third-order valence-corrected chi connectivity index (χ3v) is 9.72. The molecule has 5 aliphatic rings. The largest absolute Gasteiger partial charge is 0.493 e. The molecule has 6 nitrogen and oxygen atoms in total. The molecule has 1 aromatic heterocycles. The zero-order valence-electron chi connectivity index (χ0n) is 20.1. The Balaban J connectivity index is 1.49. The first kappa shape index (κ1) is 21.0. The number of aliphatic hydroxyl groups is 1. The predicted molar refractivity (Wildman–Crippen MR) is 131 cm³/mol. The first-order chi connectivity index (χ1) is 17.4. The van der Waals surface area contributed by atoms with Gasteiger partial charge in [0.2, 0.25) is 0 Å². The molecule has 0 unspecified atom stereocenters. The van der Waals surface area contributed by atoms with Crippen LogP contribution < -0.4 is 9.47 Å². The number of carbonyl (C=O) groups excluding carboxylic acids is 1. The van der Waals surface area contributed by atoms with Gasteiger partial charge in [-0.3, -0.25) is 9.69 Å². The first-order valence-corrected chi connectivity index (χ1v) is 12.7. The Bertz CT molecular complexity index is 1540. The lowest BCUT2D eigenvalue weighted by molar-refractivity contribution is -0.171. The van der Waals surface area contributed by atoms with Gasteiger partial charge < -0.3 is 19.1 Å². The molecule has 8 rings (SSSR count). The summed E-state index contributed by atoms with van der Waals surface area (Å²) in [5, 5.41) is 13.6. The molecule has 1 spiro atoms. The number of aryl methyl sites for hydroxylation is 1. The van der Waals surface area contributed by atoms with Gasteiger partial charge in [0, 0.05) is 55.0 Å². The molecule has 2 aliphatic carbocycles. The summed E-state index contributed by atoms with van der Waals surface area (Å²) in [5.41, 5.74) is 3.60. The Hall–Kier alpha value is -3.16. The Morgan fingerprint density at radius 3 is 3.00 bits per heavy atom. The number of nitrogens with zero attached hydrogens (tertiary/aromatic N) is 2. The van der Waals surface area contributed by atoms with Crippen LogP contribution in [0.3, 0.4) is 0 Å². The fraction of sp³-hybridized carbons (Fsp3) is 0.414. The van der Waals surface area contributed by atoms with E-state index in [9.17, 15) is 14.3 Å². The maximum absolute atomic E-state index is 14.8. The lowest BCUT2D eigenvalue weighted by atomic mass is 9.49. The van der Waals surface area contributed by atoms with Gasteiger partial charge in [0.15, 0.2) is 23.4 Å². The summed E-state index contributed by atoms with van der Waals surface area (Å²) in [6.45, 7) is 6.00. The lowest BCUT2D eigenvalue weighted by Gasteiger charge is -2.62. The number of piperidine rings is 1. The molecule has 0 radical (unpaired) electrons. The van der Waals surface area contributed by atoms with Gasteiger partial charge in [0.25, 0.3) is 0 Å². The van der Waals surface area contributed by atoms with Gasteiger partial charge in [0.1, 0.15) is 5.82 Å². The third-order valence-electron chi connectivity index (χ3n) is 9.72. The van der Waals surface area contributed by atoms with Crippen molar-refractivity contribution in [2.75, 3.05) is 20.2 Å². The van der Waals surface area contributed by atoms with Crippen molar-refractivity contribution in [3.63, 3.8) is 0 Å². The average molecular weight is 487 g/mol. The van der Waals surface area contributed by atoms with Crippen LogP contribution in [0.2, 0.25) is 0 Å². The standard InChI is InChI=1S/C29H27FN2O4/c1-3-8-31-10-7-28-23-15-4-5-21(35-2)26(23)36-27(28)25-19(14-29(28,34)22(31)11-15)17-12-16(30)13-18-20(33)6-9-32(25)24(17)18/h3-5,12-13,22,27,34H,1,6-11,14H2,2H3/t22-,27-,28-,29+/m0/s1. The van der Waals surface area contributed by atoms with Crippen molar-refractivity contribution in [3.8, 4) is 11.5 Å². The molecule has 1 fully saturated rings. The lowest BCUT2D eigenvalue weighted by Crippen LogP contribution is -2.74. The van der Waals surface area contributed by atoms with Crippen LogP contribution in [0.4, 0.5) is 4.39 Å². The van der Waals surface area contributed by atoms with Crippen molar-refractivity contribution in [2.45, 2.75) is 55.4 Å². The van der Waals surface area contributed by atoms with E-state index in [1.807, 2.05) is 12.1 Å². The smallest absolute Gasteiger partial charge is 0.166 e. The normalized spacial score (nSPS) is 31.1. The van der Waals surface area contributed by atoms with E-state index in [0.717, 1.165) is 46.4 Å². The number of likely N-dealkylation sites (tertiary alicyclic amines) is 1. The Labute approximate surface area is 207 Å². The van der Waals surface area contributed by atoms with Crippen LogP contribution in [0.5, 0.6) is 11.5 Å². The van der Waals surface area contributed by atoms with E-state index < -0.39 is 22.9 Å². The average Bonchev–Trinajstić information content (AvgIpc) is 3.35. The second kappa shape index (κ2) is 6.58. The molecule has 4 heterocycles. The molecular weight excluding hydrogens is 459 g/mol. The summed E-state index contributed by atoms with van der Waals surface area (Å²) in [6.07, 6.45) is 3.59. The van der Waals surface area contributed by atoms with Gasteiger partial charge in [-0.1, -0.05) is 12.1 Å². The summed E-state index contributed by atoms with van der Waals surface area (Å²) in [6, 6.07) is 6.85. The molecule has 0 amide bonds. The fourth-order valence-electron chi connectivity index (χ4n) is 8.43. The number of hydrogen-bond acceptors (Lipinski definition) is 5. The van der Waals surface area contributed by atoms with Crippen LogP contribution in [0.25, 0.3) is 10.9 Å². The van der Waals surface area contributed by atoms with Gasteiger partial charge in [-0.25, -0.2) is 4.39 Å². The van der Waals surface area contributed by atoms with Crippen molar-refractivity contribution >= 4 is 16.7 Å². The molecule has 0 saturated carbocycles. The highest BCUT2D eigenvalue weighted by Gasteiger charge is 2.73. The highest BCUT2D eigenvalue weighted by molar-refractivity contribution is 6.09. The summed E-state index contributed by atoms with van der Waals surface area (Å²) in [5.74, 6) is 0.937. The van der Waals surface area contributed by atoms with Crippen LogP contribution in [0, 0.1) is 5.82 Å². The highest BCUT2D eigenvalue weighted by Crippen LogP contribution is 2.69. The summed E-state index contributed by atoms with van der Waals surface area (Å²) in [4.78, 5) is 15.2. The Morgan fingerprint density at radius 2 is 2.19 bits per heavy atom. The molecule has 4 atom stereocenters. The van der Waals surface area contributed by atoms with Gasteiger partial charge in [-0.2, -0.15) is 0 Å². The van der Waals surface area contributed by atoms with E-state index in [2.05, 4.69) is 22.1 Å². The molecule has 1 N–H and O–H groups in total. The number of benzene rings is 2. The number of carbonyl (C=O) groups is 1. The molecule has 3 aliphatic heterocycles. The number of methoxy groups -OCH3 is 1. The maximum Gasteiger partial charge on any atom is 0.166 e. The number of rotatable bonds is 3. The SMILES string of the molecule is C=CCN1CC[C@]23c4c5ccc(OC)c4O[C@H]2c2c(c4cc(F)cc6c4n2CCC6=O)C[C@@]3(O)[C@@H]1C5. The third kappa shape index (κ3) is 2.12. The predicted octanol–water partition coefficient (Wildman–Crippen LogP) is 3.85. The minimum Gasteiger partial charge on any atom is -0.493 e. The van der Waals surface area contributed by atoms with Crippen LogP contribution >= 0.6 is 0 Å². The number of ether oxygens (including phenoxy) is 2. The Morgan fingerprint density at radius 1 is 1.33 bits per heavy atom. The number of aromatic nitrogens is 1. The van der Waals surface area contributed by atoms with Crippen molar-refractivity contribution in [1.82, 2.24) is 9.47 Å². The topological polar surface area (TPSA) is 63.9 Å². The second-order valence-corrected chi connectivity index (χ2v) is 11.0. The van der Waals surface area contributed by atoms with E-state index in [1.54, 1.807) is 7.11 Å². The van der Waals surface area contributed by atoms with Crippen LogP contribution in [0.15, 0.2) is 36.9 Å². The first-order valence-electron chi connectivity index (χ1n) is 12.7. The number of Topliss-reactive ketones (excluding diaryl/α,β-unsaturated/α-hetero) is 1. The minimum atomic E-state index is -1.12. The molecule has 2 aromatic carbocycles. The van der Waals surface area contributed by atoms with E-state index >= 15 is 0 Å². The number of hydrogen-bond donors (Lipinski definition) is 1. The van der Waals surface area contributed by atoms with E-state index in [1.165, 1.54) is 17.7 Å².